The fourth-order valence-corrected chi connectivity index (χ4v) is 3.25. The van der Waals surface area contributed by atoms with Crippen LogP contribution in [0.4, 0.5) is 17.3 Å². The van der Waals surface area contributed by atoms with Crippen LogP contribution in [0, 0.1) is 5.92 Å². The lowest BCUT2D eigenvalue weighted by atomic mass is 10.1. The van der Waals surface area contributed by atoms with Crippen molar-refractivity contribution in [2.24, 2.45) is 5.92 Å². The molecule has 0 saturated heterocycles. The van der Waals surface area contributed by atoms with Gasteiger partial charge < -0.3 is 15.5 Å². The lowest BCUT2D eigenvalue weighted by molar-refractivity contribution is 0.391. The summed E-state index contributed by atoms with van der Waals surface area (Å²) in [4.78, 5) is 6.69. The Bertz CT molecular complexity index is 827. The Morgan fingerprint density at radius 3 is 2.88 bits per heavy atom. The molecule has 0 fully saturated rings. The fourth-order valence-electron chi connectivity index (χ4n) is 3.25. The Balaban J connectivity index is 1.28. The maximum absolute atomic E-state index is 4.60. The van der Waals surface area contributed by atoms with Gasteiger partial charge in [0, 0.05) is 57.1 Å². The van der Waals surface area contributed by atoms with Gasteiger partial charge in [-0.3, -0.25) is 0 Å². The second-order valence-electron chi connectivity index (χ2n) is 6.70. The third-order valence-electron chi connectivity index (χ3n) is 4.78. The van der Waals surface area contributed by atoms with E-state index in [0.29, 0.717) is 5.92 Å². The number of fused-ring (bicyclic) bond motifs is 1. The number of pyridine rings is 1. The molecule has 6 heteroatoms. The van der Waals surface area contributed by atoms with Crippen molar-refractivity contribution in [3.8, 4) is 0 Å². The second-order valence-corrected chi connectivity index (χ2v) is 6.70. The summed E-state index contributed by atoms with van der Waals surface area (Å²) < 4.78 is 2.03. The molecule has 0 radical (unpaired) electrons. The molecule has 6 nitrogen and oxygen atoms in total. The van der Waals surface area contributed by atoms with E-state index in [9.17, 15) is 0 Å². The number of nitrogens with zero attached hydrogens (tertiary/aromatic N) is 4. The van der Waals surface area contributed by atoms with Crippen LogP contribution in [0.5, 0.6) is 0 Å². The summed E-state index contributed by atoms with van der Waals surface area (Å²) in [6, 6.07) is 16.5. The van der Waals surface area contributed by atoms with Gasteiger partial charge in [0.1, 0.15) is 11.6 Å². The molecule has 26 heavy (non-hydrogen) atoms. The summed E-state index contributed by atoms with van der Waals surface area (Å²) in [5.74, 6) is 2.60. The summed E-state index contributed by atoms with van der Waals surface area (Å²) in [5.41, 5.74) is 2.33. The van der Waals surface area contributed by atoms with Crippen molar-refractivity contribution in [1.82, 2.24) is 20.1 Å². The highest BCUT2D eigenvalue weighted by atomic mass is 15.3. The van der Waals surface area contributed by atoms with Gasteiger partial charge in [0.15, 0.2) is 0 Å². The maximum Gasteiger partial charge on any atom is 0.132 e. The molecular weight excluding hydrogens is 324 g/mol. The molecule has 3 aromatic rings. The largest absolute Gasteiger partial charge is 0.370 e. The van der Waals surface area contributed by atoms with Crippen LogP contribution in [0.3, 0.4) is 0 Å². The highest BCUT2D eigenvalue weighted by Gasteiger charge is 2.17. The van der Waals surface area contributed by atoms with Crippen LogP contribution >= 0.6 is 0 Å². The zero-order valence-corrected chi connectivity index (χ0v) is 15.0. The van der Waals surface area contributed by atoms with E-state index in [1.165, 1.54) is 5.56 Å². The number of anilines is 3. The second kappa shape index (κ2) is 7.58. The van der Waals surface area contributed by atoms with E-state index in [1.807, 2.05) is 48.4 Å². The van der Waals surface area contributed by atoms with E-state index in [4.69, 9.17) is 0 Å². The van der Waals surface area contributed by atoms with Gasteiger partial charge in [0.05, 0.1) is 6.20 Å². The topological polar surface area (TPSA) is 58.0 Å². The van der Waals surface area contributed by atoms with E-state index < -0.39 is 0 Å². The maximum atomic E-state index is 4.60. The first kappa shape index (κ1) is 16.6. The molecule has 0 bridgehead atoms. The number of para-hydroxylation sites is 1. The first-order valence-corrected chi connectivity index (χ1v) is 9.00. The summed E-state index contributed by atoms with van der Waals surface area (Å²) >= 11 is 0. The lowest BCUT2D eigenvalue weighted by Gasteiger charge is -2.25. The quantitative estimate of drug-likeness (QED) is 0.717. The average Bonchev–Trinajstić information content (AvgIpc) is 3.16. The van der Waals surface area contributed by atoms with E-state index >= 15 is 0 Å². The molecule has 1 aliphatic heterocycles. The average molecular weight is 348 g/mol. The van der Waals surface area contributed by atoms with Crippen molar-refractivity contribution in [2.45, 2.75) is 13.1 Å². The van der Waals surface area contributed by atoms with Gasteiger partial charge in [-0.25, -0.2) is 9.67 Å². The van der Waals surface area contributed by atoms with Gasteiger partial charge in [0.25, 0.3) is 0 Å². The molecule has 4 rings (SSSR count). The third kappa shape index (κ3) is 3.70. The Labute approximate surface area is 153 Å². The van der Waals surface area contributed by atoms with Crippen LogP contribution in [-0.2, 0) is 13.1 Å². The number of aromatic nitrogens is 3. The van der Waals surface area contributed by atoms with Crippen molar-refractivity contribution >= 4 is 17.3 Å². The molecule has 0 saturated carbocycles. The molecule has 1 aromatic carbocycles. The standard InChI is InChI=1S/C20H24N6/c1-25(18-5-3-2-4-6-18)19-8-7-16(13-22-19)11-21-12-17-14-23-20-9-10-24-26(20)15-17/h2-10,13,17,21,23H,11-12,14-15H2,1H3. The van der Waals surface area contributed by atoms with Crippen molar-refractivity contribution < 1.29 is 0 Å². The van der Waals surface area contributed by atoms with Crippen molar-refractivity contribution in [2.75, 3.05) is 30.4 Å². The van der Waals surface area contributed by atoms with E-state index in [2.05, 4.69) is 49.9 Å². The van der Waals surface area contributed by atoms with Crippen LogP contribution < -0.4 is 15.5 Å². The molecule has 2 N–H and O–H groups in total. The van der Waals surface area contributed by atoms with Gasteiger partial charge in [-0.05, 0) is 23.8 Å². The first-order chi connectivity index (χ1) is 12.8. The monoisotopic (exact) mass is 348 g/mol. The summed E-state index contributed by atoms with van der Waals surface area (Å²) in [7, 11) is 2.04. The predicted octanol–water partition coefficient (Wildman–Crippen LogP) is 2.88. The smallest absolute Gasteiger partial charge is 0.132 e. The molecule has 0 amide bonds. The number of nitrogens with one attached hydrogen (secondary N) is 2. The number of benzene rings is 1. The van der Waals surface area contributed by atoms with Crippen molar-refractivity contribution in [3.63, 3.8) is 0 Å². The number of rotatable bonds is 6. The minimum Gasteiger partial charge on any atom is -0.370 e. The molecule has 0 aliphatic carbocycles. The van der Waals surface area contributed by atoms with Gasteiger partial charge in [-0.1, -0.05) is 24.3 Å². The van der Waals surface area contributed by atoms with E-state index in [0.717, 1.165) is 43.5 Å². The van der Waals surface area contributed by atoms with Crippen molar-refractivity contribution in [3.05, 3.63) is 66.5 Å². The molecule has 0 spiro atoms. The number of hydrogen-bond donors (Lipinski definition) is 2. The fraction of sp³-hybridized carbons (Fsp3) is 0.300. The van der Waals surface area contributed by atoms with Crippen LogP contribution in [-0.4, -0.2) is 34.9 Å². The molecule has 1 unspecified atom stereocenters. The van der Waals surface area contributed by atoms with Gasteiger partial charge >= 0.3 is 0 Å². The SMILES string of the molecule is CN(c1ccccc1)c1ccc(CNCC2CNc3ccnn3C2)cn1. The molecule has 2 aromatic heterocycles. The van der Waals surface area contributed by atoms with E-state index in [1.54, 1.807) is 0 Å². The predicted molar refractivity (Wildman–Crippen MR) is 105 cm³/mol. The zero-order chi connectivity index (χ0) is 17.8. The Morgan fingerprint density at radius 2 is 2.08 bits per heavy atom. The normalized spacial score (nSPS) is 16.0. The highest BCUT2D eigenvalue weighted by molar-refractivity contribution is 5.58. The van der Waals surface area contributed by atoms with Crippen LogP contribution in [0.15, 0.2) is 60.9 Å². The van der Waals surface area contributed by atoms with Crippen LogP contribution in [0.1, 0.15) is 5.56 Å². The van der Waals surface area contributed by atoms with E-state index in [-0.39, 0.29) is 0 Å². The zero-order valence-electron chi connectivity index (χ0n) is 15.0. The van der Waals surface area contributed by atoms with Crippen LogP contribution in [0.25, 0.3) is 0 Å². The summed E-state index contributed by atoms with van der Waals surface area (Å²) in [6.45, 7) is 3.72. The molecule has 1 aliphatic rings. The first-order valence-electron chi connectivity index (χ1n) is 9.00. The minimum absolute atomic E-state index is 0.541. The molecule has 1 atom stereocenters. The van der Waals surface area contributed by atoms with Crippen molar-refractivity contribution in [1.29, 1.82) is 0 Å². The Hall–Kier alpha value is -2.86. The number of hydrogen-bond acceptors (Lipinski definition) is 5. The Kier molecular flexibility index (Phi) is 4.84. The third-order valence-corrected chi connectivity index (χ3v) is 4.78. The molecular formula is C20H24N6. The summed E-state index contributed by atoms with van der Waals surface area (Å²) in [5, 5.41) is 11.3. The highest BCUT2D eigenvalue weighted by Crippen LogP contribution is 2.21. The molecule has 134 valence electrons. The minimum atomic E-state index is 0.541. The van der Waals surface area contributed by atoms with Gasteiger partial charge in [-0.2, -0.15) is 5.10 Å². The van der Waals surface area contributed by atoms with Gasteiger partial charge in [-0.15, -0.1) is 0 Å². The summed E-state index contributed by atoms with van der Waals surface area (Å²) in [6.07, 6.45) is 3.80. The van der Waals surface area contributed by atoms with Crippen LogP contribution in [0.2, 0.25) is 0 Å². The molecule has 3 heterocycles. The van der Waals surface area contributed by atoms with Gasteiger partial charge in [0.2, 0.25) is 0 Å². The lowest BCUT2D eigenvalue weighted by Crippen LogP contribution is -2.35. The Morgan fingerprint density at radius 1 is 1.19 bits per heavy atom.